The number of fused-ring (bicyclic) bond motifs is 1. The number of terminal acetylenes is 1. The average molecular weight is 478 g/mol. The lowest BCUT2D eigenvalue weighted by Crippen LogP contribution is -2.06. The Labute approximate surface area is 211 Å². The summed E-state index contributed by atoms with van der Waals surface area (Å²) >= 11 is 1.80. The summed E-state index contributed by atoms with van der Waals surface area (Å²) in [6, 6.07) is 14.4. The molecule has 0 radical (unpaired) electrons. The molecule has 0 aliphatic carbocycles. The molecule has 1 aromatic heterocycles. The standard InChI is InChI=1S/C17H16N2S.C5H13N.C4H6O.C3H4/c1-3-14-12(2)20-16-10-5-4-8-13(16)17(19-14)15-9-6-7-11-18-15;1-3-4-5-6-2;1-2-3-4-5;1-3-2/h4-11H,3H2,1-2H3;6H,3-5H2,1-2H3;2,4H,1,3H2;1H,2H3. The average Bonchev–Trinajstić information content (AvgIpc) is 3.00. The first kappa shape index (κ1) is 31.1. The van der Waals surface area contributed by atoms with Gasteiger partial charge in [0.05, 0.1) is 17.1 Å². The van der Waals surface area contributed by atoms with Gasteiger partial charge in [0, 0.05) is 28.0 Å². The van der Waals surface area contributed by atoms with Crippen LogP contribution in [-0.2, 0) is 4.79 Å². The van der Waals surface area contributed by atoms with E-state index in [1.54, 1.807) is 24.8 Å². The van der Waals surface area contributed by atoms with Crippen LogP contribution < -0.4 is 5.32 Å². The smallest absolute Gasteiger partial charge is 0.123 e. The van der Waals surface area contributed by atoms with E-state index in [1.807, 2.05) is 31.4 Å². The summed E-state index contributed by atoms with van der Waals surface area (Å²) in [5, 5.41) is 3.07. The number of hydrogen-bond donors (Lipinski definition) is 1. The molecule has 1 aliphatic rings. The first-order valence-corrected chi connectivity index (χ1v) is 12.4. The fraction of sp³-hybridized carbons (Fsp3) is 0.345. The van der Waals surface area contributed by atoms with Gasteiger partial charge in [0.25, 0.3) is 0 Å². The van der Waals surface area contributed by atoms with E-state index in [0.717, 1.165) is 36.4 Å². The first-order valence-electron chi connectivity index (χ1n) is 11.6. The maximum Gasteiger partial charge on any atom is 0.123 e. The van der Waals surface area contributed by atoms with Crippen molar-refractivity contribution in [2.24, 2.45) is 4.99 Å². The zero-order valence-electron chi connectivity index (χ0n) is 21.3. The monoisotopic (exact) mass is 477 g/mol. The maximum absolute atomic E-state index is 9.33. The molecule has 0 unspecified atom stereocenters. The highest BCUT2D eigenvalue weighted by molar-refractivity contribution is 8.03. The SMILES string of the molecule is C#CC.C=CCC=O.CCC1=C(C)Sc2ccccc2C(c2ccccn2)=N1.CCCCNC. The number of pyridine rings is 1. The second-order valence-corrected chi connectivity index (χ2v) is 8.32. The highest BCUT2D eigenvalue weighted by Gasteiger charge is 2.18. The second kappa shape index (κ2) is 20.7. The van der Waals surface area contributed by atoms with Crippen LogP contribution in [0.5, 0.6) is 0 Å². The third kappa shape index (κ3) is 12.3. The van der Waals surface area contributed by atoms with Gasteiger partial charge in [-0.25, -0.2) is 4.99 Å². The van der Waals surface area contributed by atoms with E-state index in [1.165, 1.54) is 28.2 Å². The molecule has 1 N–H and O–H groups in total. The molecule has 34 heavy (non-hydrogen) atoms. The molecule has 182 valence electrons. The van der Waals surface area contributed by atoms with Crippen LogP contribution in [0, 0.1) is 12.3 Å². The van der Waals surface area contributed by atoms with Gasteiger partial charge in [-0.05, 0) is 58.5 Å². The third-order valence-electron chi connectivity index (χ3n) is 4.34. The largest absolute Gasteiger partial charge is 0.320 e. The van der Waals surface area contributed by atoms with Crippen molar-refractivity contribution in [2.75, 3.05) is 13.6 Å². The minimum atomic E-state index is 0.472. The van der Waals surface area contributed by atoms with Crippen molar-refractivity contribution < 1.29 is 4.79 Å². The molecule has 4 nitrogen and oxygen atoms in total. The lowest BCUT2D eigenvalue weighted by Gasteiger charge is -2.08. The predicted molar refractivity (Wildman–Crippen MR) is 149 cm³/mol. The molecular weight excluding hydrogens is 438 g/mol. The number of carbonyl (C=O) groups is 1. The van der Waals surface area contributed by atoms with Crippen molar-refractivity contribution in [1.82, 2.24) is 10.3 Å². The van der Waals surface area contributed by atoms with Crippen molar-refractivity contribution in [2.45, 2.75) is 58.3 Å². The van der Waals surface area contributed by atoms with E-state index in [-0.39, 0.29) is 0 Å². The summed E-state index contributed by atoms with van der Waals surface area (Å²) in [4.78, 5) is 21.2. The van der Waals surface area contributed by atoms with E-state index in [2.05, 4.69) is 74.3 Å². The summed E-state index contributed by atoms with van der Waals surface area (Å²) in [6.07, 6.45) is 12.8. The molecule has 0 saturated heterocycles. The number of unbranched alkanes of at least 4 members (excludes halogenated alkanes) is 1. The van der Waals surface area contributed by atoms with E-state index in [4.69, 9.17) is 4.99 Å². The van der Waals surface area contributed by atoms with Gasteiger partial charge in [-0.3, -0.25) is 4.98 Å². The number of nitrogens with zero attached hydrogens (tertiary/aromatic N) is 2. The number of aromatic nitrogens is 1. The van der Waals surface area contributed by atoms with Gasteiger partial charge in [0.2, 0.25) is 0 Å². The van der Waals surface area contributed by atoms with Crippen LogP contribution >= 0.6 is 11.8 Å². The molecule has 1 aliphatic heterocycles. The Kier molecular flexibility index (Phi) is 18.9. The topological polar surface area (TPSA) is 54.4 Å². The molecule has 5 heteroatoms. The molecule has 0 bridgehead atoms. The summed E-state index contributed by atoms with van der Waals surface area (Å²) < 4.78 is 0. The summed E-state index contributed by atoms with van der Waals surface area (Å²) in [5.41, 5.74) is 4.22. The third-order valence-corrected chi connectivity index (χ3v) is 5.46. The van der Waals surface area contributed by atoms with Crippen LogP contribution in [0.3, 0.4) is 0 Å². The Morgan fingerprint density at radius 1 is 1.18 bits per heavy atom. The molecule has 3 rings (SSSR count). The van der Waals surface area contributed by atoms with Crippen LogP contribution in [-0.4, -0.2) is 30.6 Å². The van der Waals surface area contributed by atoms with Crippen LogP contribution in [0.2, 0.25) is 0 Å². The van der Waals surface area contributed by atoms with Crippen LogP contribution in [0.25, 0.3) is 0 Å². The van der Waals surface area contributed by atoms with Gasteiger partial charge in [-0.15, -0.1) is 18.9 Å². The van der Waals surface area contributed by atoms with E-state index in [9.17, 15) is 4.79 Å². The number of hydrogen-bond acceptors (Lipinski definition) is 5. The minimum absolute atomic E-state index is 0.472. The lowest BCUT2D eigenvalue weighted by molar-refractivity contribution is -0.107. The fourth-order valence-electron chi connectivity index (χ4n) is 2.70. The number of rotatable bonds is 7. The number of carbonyl (C=O) groups excluding carboxylic acids is 1. The molecule has 0 amide bonds. The molecular formula is C29H39N3OS. The number of thioether (sulfide) groups is 1. The normalized spacial score (nSPS) is 11.4. The van der Waals surface area contributed by atoms with Crippen molar-refractivity contribution in [1.29, 1.82) is 0 Å². The molecule has 0 fully saturated rings. The van der Waals surface area contributed by atoms with Gasteiger partial charge in [-0.2, -0.15) is 0 Å². The van der Waals surface area contributed by atoms with Gasteiger partial charge in [-0.1, -0.05) is 62.4 Å². The van der Waals surface area contributed by atoms with Crippen molar-refractivity contribution >= 4 is 23.8 Å². The Morgan fingerprint density at radius 3 is 2.32 bits per heavy atom. The lowest BCUT2D eigenvalue weighted by atomic mass is 10.1. The van der Waals surface area contributed by atoms with Gasteiger partial charge in [0.1, 0.15) is 6.29 Å². The number of nitrogens with one attached hydrogen (secondary N) is 1. The van der Waals surface area contributed by atoms with Crippen LogP contribution in [0.1, 0.15) is 64.6 Å². The van der Waals surface area contributed by atoms with Gasteiger partial charge < -0.3 is 10.1 Å². The van der Waals surface area contributed by atoms with Crippen molar-refractivity contribution in [3.05, 3.63) is 83.2 Å². The fourth-order valence-corrected chi connectivity index (χ4v) is 3.76. The maximum atomic E-state index is 9.33. The molecule has 0 saturated carbocycles. The van der Waals surface area contributed by atoms with Crippen molar-refractivity contribution in [3.63, 3.8) is 0 Å². The predicted octanol–water partition coefficient (Wildman–Crippen LogP) is 7.07. The van der Waals surface area contributed by atoms with E-state index < -0.39 is 0 Å². The van der Waals surface area contributed by atoms with Crippen LogP contribution in [0.15, 0.2) is 81.8 Å². The molecule has 2 aromatic rings. The molecule has 1 aromatic carbocycles. The summed E-state index contributed by atoms with van der Waals surface area (Å²) in [5.74, 6) is 2.25. The number of aliphatic imine (C=N–C) groups is 1. The zero-order chi connectivity index (χ0) is 25.6. The number of benzene rings is 1. The van der Waals surface area contributed by atoms with E-state index >= 15 is 0 Å². The molecule has 0 spiro atoms. The second-order valence-electron chi connectivity index (χ2n) is 7.07. The zero-order valence-corrected chi connectivity index (χ0v) is 22.1. The summed E-state index contributed by atoms with van der Waals surface area (Å²) in [6.45, 7) is 12.6. The molecule has 2 heterocycles. The minimum Gasteiger partial charge on any atom is -0.320 e. The highest BCUT2D eigenvalue weighted by atomic mass is 32.2. The number of allylic oxidation sites excluding steroid dienone is 3. The number of aldehydes is 1. The summed E-state index contributed by atoms with van der Waals surface area (Å²) in [7, 11) is 1.98. The highest BCUT2D eigenvalue weighted by Crippen LogP contribution is 2.36. The van der Waals surface area contributed by atoms with Gasteiger partial charge in [0.15, 0.2) is 0 Å². The van der Waals surface area contributed by atoms with E-state index in [0.29, 0.717) is 6.42 Å². The Hall–Kier alpha value is -2.94. The van der Waals surface area contributed by atoms with Gasteiger partial charge >= 0.3 is 0 Å². The Morgan fingerprint density at radius 2 is 1.85 bits per heavy atom. The Balaban J connectivity index is 0.000000644. The van der Waals surface area contributed by atoms with Crippen molar-refractivity contribution in [3.8, 4) is 12.3 Å². The van der Waals surface area contributed by atoms with Crippen LogP contribution in [0.4, 0.5) is 0 Å². The Bertz CT molecular complexity index is 933. The quantitative estimate of drug-likeness (QED) is 0.200. The first-order chi connectivity index (χ1) is 16.5. The molecule has 0 atom stereocenters.